The van der Waals surface area contributed by atoms with Gasteiger partial charge in [0.25, 0.3) is 11.8 Å². The lowest BCUT2D eigenvalue weighted by molar-refractivity contribution is -0.137. The zero-order valence-electron chi connectivity index (χ0n) is 15.1. The van der Waals surface area contributed by atoms with Gasteiger partial charge in [-0.25, -0.2) is 0 Å². The first-order valence-electron chi connectivity index (χ1n) is 8.66. The highest BCUT2D eigenvalue weighted by Gasteiger charge is 2.40. The Kier molecular flexibility index (Phi) is 5.42. The molecule has 2 amide bonds. The van der Waals surface area contributed by atoms with Crippen LogP contribution in [0, 0.1) is 5.92 Å². The van der Waals surface area contributed by atoms with Crippen LogP contribution in [0.1, 0.15) is 25.6 Å². The zero-order valence-corrected chi connectivity index (χ0v) is 15.9. The van der Waals surface area contributed by atoms with Crippen LogP contribution in [0.4, 0.5) is 5.69 Å². The second kappa shape index (κ2) is 7.74. The fraction of sp³-hybridized carbons (Fsp3) is 0.300. The van der Waals surface area contributed by atoms with E-state index in [0.29, 0.717) is 35.9 Å². The molecule has 0 aliphatic carbocycles. The fourth-order valence-corrected chi connectivity index (χ4v) is 3.63. The van der Waals surface area contributed by atoms with E-state index in [-0.39, 0.29) is 17.7 Å². The lowest BCUT2D eigenvalue weighted by Crippen LogP contribution is -2.35. The summed E-state index contributed by atoms with van der Waals surface area (Å²) in [5, 5.41) is 5.07. The summed E-state index contributed by atoms with van der Waals surface area (Å²) in [4.78, 5) is 28.0. The van der Waals surface area contributed by atoms with Crippen LogP contribution in [-0.4, -0.2) is 29.9 Å². The van der Waals surface area contributed by atoms with Crippen molar-refractivity contribution in [3.8, 4) is 5.75 Å². The topological polar surface area (TPSA) is 58.6 Å². The molecule has 3 rings (SSSR count). The molecular weight excluding hydrogens is 348 g/mol. The van der Waals surface area contributed by atoms with Crippen LogP contribution in [0.25, 0.3) is 5.57 Å². The Morgan fingerprint density at radius 1 is 1.12 bits per heavy atom. The number of ether oxygens (including phenoxy) is 1. The van der Waals surface area contributed by atoms with Crippen molar-refractivity contribution >= 4 is 34.4 Å². The largest absolute Gasteiger partial charge is 0.492 e. The van der Waals surface area contributed by atoms with Crippen molar-refractivity contribution in [2.75, 3.05) is 18.5 Å². The van der Waals surface area contributed by atoms with Crippen LogP contribution in [0.5, 0.6) is 5.75 Å². The van der Waals surface area contributed by atoms with E-state index in [4.69, 9.17) is 4.74 Å². The van der Waals surface area contributed by atoms with Crippen molar-refractivity contribution in [1.29, 1.82) is 0 Å². The van der Waals surface area contributed by atoms with Gasteiger partial charge in [0, 0.05) is 11.4 Å². The molecular formula is C20H22N2O3S. The maximum atomic E-state index is 13.0. The normalized spacial score (nSPS) is 14.5. The van der Waals surface area contributed by atoms with E-state index in [1.165, 1.54) is 16.2 Å². The van der Waals surface area contributed by atoms with Crippen molar-refractivity contribution in [1.82, 2.24) is 4.90 Å². The van der Waals surface area contributed by atoms with E-state index in [9.17, 15) is 9.59 Å². The van der Waals surface area contributed by atoms with E-state index in [2.05, 4.69) is 5.32 Å². The third-order valence-electron chi connectivity index (χ3n) is 3.93. The molecule has 6 heteroatoms. The first kappa shape index (κ1) is 18.2. The molecule has 1 aliphatic rings. The number of imide groups is 1. The SMILES string of the molecule is CCOc1ccccc1NC1=C(c2cccs2)C(=O)N(CC(C)C)C1=O. The molecule has 0 fully saturated rings. The highest BCUT2D eigenvalue weighted by Crippen LogP contribution is 2.35. The number of nitrogens with one attached hydrogen (secondary N) is 1. The smallest absolute Gasteiger partial charge is 0.278 e. The molecule has 1 aromatic carbocycles. The van der Waals surface area contributed by atoms with E-state index in [0.717, 1.165) is 4.88 Å². The number of nitrogens with zero attached hydrogens (tertiary/aromatic N) is 1. The maximum absolute atomic E-state index is 13.0. The number of hydrogen-bond acceptors (Lipinski definition) is 5. The van der Waals surface area contributed by atoms with E-state index < -0.39 is 0 Å². The number of para-hydroxylation sites is 2. The maximum Gasteiger partial charge on any atom is 0.278 e. The van der Waals surface area contributed by atoms with Gasteiger partial charge in [-0.15, -0.1) is 11.3 Å². The Labute approximate surface area is 157 Å². The molecule has 0 bridgehead atoms. The van der Waals surface area contributed by atoms with Crippen LogP contribution < -0.4 is 10.1 Å². The summed E-state index contributed by atoms with van der Waals surface area (Å²) >= 11 is 1.45. The highest BCUT2D eigenvalue weighted by molar-refractivity contribution is 7.11. The predicted octanol–water partition coefficient (Wildman–Crippen LogP) is 3.99. The van der Waals surface area contributed by atoms with Gasteiger partial charge in [-0.1, -0.05) is 32.0 Å². The molecule has 136 valence electrons. The Morgan fingerprint density at radius 3 is 2.54 bits per heavy atom. The quantitative estimate of drug-likeness (QED) is 0.749. The summed E-state index contributed by atoms with van der Waals surface area (Å²) in [6.07, 6.45) is 0. The molecule has 2 aromatic rings. The van der Waals surface area contributed by atoms with Crippen molar-refractivity contribution < 1.29 is 14.3 Å². The van der Waals surface area contributed by atoms with Gasteiger partial charge < -0.3 is 10.1 Å². The number of thiophene rings is 1. The number of benzene rings is 1. The molecule has 1 N–H and O–H groups in total. The van der Waals surface area contributed by atoms with Crippen molar-refractivity contribution in [2.45, 2.75) is 20.8 Å². The molecule has 0 saturated carbocycles. The molecule has 0 atom stereocenters. The molecule has 0 saturated heterocycles. The number of anilines is 1. The summed E-state index contributed by atoms with van der Waals surface area (Å²) in [6, 6.07) is 11.2. The molecule has 0 radical (unpaired) electrons. The summed E-state index contributed by atoms with van der Waals surface area (Å²) in [6.45, 7) is 6.79. The third-order valence-corrected chi connectivity index (χ3v) is 4.82. The van der Waals surface area contributed by atoms with Crippen LogP contribution >= 0.6 is 11.3 Å². The van der Waals surface area contributed by atoms with Crippen molar-refractivity contribution in [3.63, 3.8) is 0 Å². The Balaban J connectivity index is 2.03. The van der Waals surface area contributed by atoms with Crippen molar-refractivity contribution in [3.05, 3.63) is 52.4 Å². The number of rotatable bonds is 7. The highest BCUT2D eigenvalue weighted by atomic mass is 32.1. The summed E-state index contributed by atoms with van der Waals surface area (Å²) in [5.74, 6) is 0.305. The van der Waals surface area contributed by atoms with Gasteiger partial charge in [-0.2, -0.15) is 0 Å². The Morgan fingerprint density at radius 2 is 1.88 bits per heavy atom. The van der Waals surface area contributed by atoms with Gasteiger partial charge in [0.2, 0.25) is 0 Å². The molecule has 26 heavy (non-hydrogen) atoms. The van der Waals surface area contributed by atoms with Crippen LogP contribution in [0.15, 0.2) is 47.5 Å². The minimum atomic E-state index is -0.293. The van der Waals surface area contributed by atoms with Gasteiger partial charge in [0.05, 0.1) is 17.9 Å². The second-order valence-corrected chi connectivity index (χ2v) is 7.34. The molecule has 1 aromatic heterocycles. The van der Waals surface area contributed by atoms with Gasteiger partial charge in [0.15, 0.2) is 0 Å². The molecule has 0 spiro atoms. The van der Waals surface area contributed by atoms with Gasteiger partial charge >= 0.3 is 0 Å². The number of amides is 2. The lowest BCUT2D eigenvalue weighted by atomic mass is 10.1. The zero-order chi connectivity index (χ0) is 18.7. The van der Waals surface area contributed by atoms with E-state index >= 15 is 0 Å². The van der Waals surface area contributed by atoms with E-state index in [1.807, 2.05) is 62.5 Å². The summed E-state index contributed by atoms with van der Waals surface area (Å²) in [7, 11) is 0. The second-order valence-electron chi connectivity index (χ2n) is 6.40. The Hall–Kier alpha value is -2.60. The molecule has 1 aliphatic heterocycles. The van der Waals surface area contributed by atoms with Gasteiger partial charge in [-0.3, -0.25) is 14.5 Å². The standard InChI is InChI=1S/C20H22N2O3S/c1-4-25-15-9-6-5-8-14(15)21-18-17(16-10-7-11-26-16)19(23)22(20(18)24)12-13(2)3/h5-11,13,21H,4,12H2,1-3H3. The van der Waals surface area contributed by atoms with Gasteiger partial charge in [0.1, 0.15) is 11.4 Å². The first-order chi connectivity index (χ1) is 12.5. The number of carbonyl (C=O) groups excluding carboxylic acids is 2. The fourth-order valence-electron chi connectivity index (χ4n) is 2.86. The van der Waals surface area contributed by atoms with Crippen LogP contribution in [0.2, 0.25) is 0 Å². The predicted molar refractivity (Wildman–Crippen MR) is 104 cm³/mol. The monoisotopic (exact) mass is 370 g/mol. The Bertz CT molecular complexity index is 841. The van der Waals surface area contributed by atoms with Crippen LogP contribution in [-0.2, 0) is 9.59 Å². The first-order valence-corrected chi connectivity index (χ1v) is 9.54. The lowest BCUT2D eigenvalue weighted by Gasteiger charge is -2.17. The minimum Gasteiger partial charge on any atom is -0.492 e. The third kappa shape index (κ3) is 3.51. The number of carbonyl (C=O) groups is 2. The average Bonchev–Trinajstić information content (AvgIpc) is 3.20. The molecule has 5 nitrogen and oxygen atoms in total. The minimum absolute atomic E-state index is 0.197. The molecule has 0 unspecified atom stereocenters. The summed E-state index contributed by atoms with van der Waals surface area (Å²) < 4.78 is 5.63. The van der Waals surface area contributed by atoms with Crippen molar-refractivity contribution in [2.24, 2.45) is 5.92 Å². The van der Waals surface area contributed by atoms with Crippen LogP contribution in [0.3, 0.4) is 0 Å². The average molecular weight is 370 g/mol. The molecule has 2 heterocycles. The number of hydrogen-bond donors (Lipinski definition) is 1. The van der Waals surface area contributed by atoms with E-state index in [1.54, 1.807) is 0 Å². The van der Waals surface area contributed by atoms with Gasteiger partial charge in [-0.05, 0) is 36.4 Å². The summed E-state index contributed by atoms with van der Waals surface area (Å²) in [5.41, 5.74) is 1.41.